The van der Waals surface area contributed by atoms with Gasteiger partial charge >= 0.3 is 0 Å². The molecule has 7 nitrogen and oxygen atoms in total. The smallest absolute Gasteiger partial charge is 0.242 e. The monoisotopic (exact) mass is 390 g/mol. The number of rotatable bonds is 8. The molecule has 8 heteroatoms. The number of nitrogens with one attached hydrogen (secondary N) is 2. The first kappa shape index (κ1) is 20.4. The molecule has 0 aliphatic rings. The molecule has 27 heavy (non-hydrogen) atoms. The summed E-state index contributed by atoms with van der Waals surface area (Å²) in [5.74, 6) is -1.75. The van der Waals surface area contributed by atoms with Gasteiger partial charge in [-0.2, -0.15) is 0 Å². The molecule has 0 saturated heterocycles. The molecule has 1 atom stereocenters. The highest BCUT2D eigenvalue weighted by atomic mass is 32.2. The summed E-state index contributed by atoms with van der Waals surface area (Å²) < 4.78 is 30.3. The number of hydrogen-bond donors (Lipinski definition) is 2. The zero-order valence-corrected chi connectivity index (χ0v) is 16.0. The van der Waals surface area contributed by atoms with Crippen LogP contribution in [0.1, 0.15) is 13.3 Å². The zero-order chi connectivity index (χ0) is 19.9. The minimum atomic E-state index is -4.00. The van der Waals surface area contributed by atoms with Crippen molar-refractivity contribution in [3.05, 3.63) is 54.6 Å². The van der Waals surface area contributed by atoms with E-state index in [4.69, 9.17) is 4.74 Å². The molecule has 0 aliphatic heterocycles. The number of amides is 2. The Morgan fingerprint density at radius 2 is 1.63 bits per heavy atom. The average molecular weight is 390 g/mol. The molecule has 144 valence electrons. The van der Waals surface area contributed by atoms with Crippen LogP contribution < -0.4 is 15.4 Å². The van der Waals surface area contributed by atoms with Crippen LogP contribution in [0.5, 0.6) is 5.75 Å². The standard InChI is InChI=1S/C19H22N2O5S/c1-3-17(19(23)21-15-11-7-8-12-16(15)26-2)27(24,25)13-18(22)20-14-9-5-4-6-10-14/h4-12,17H,3,13H2,1-2H3,(H,20,22)(H,21,23). The molecule has 1 unspecified atom stereocenters. The van der Waals surface area contributed by atoms with Gasteiger partial charge < -0.3 is 15.4 Å². The van der Waals surface area contributed by atoms with Gasteiger partial charge in [-0.1, -0.05) is 37.3 Å². The number of carbonyl (C=O) groups excluding carboxylic acids is 2. The molecule has 0 radical (unpaired) electrons. The minimum absolute atomic E-state index is 0.0436. The van der Waals surface area contributed by atoms with E-state index in [9.17, 15) is 18.0 Å². The molecule has 2 N–H and O–H groups in total. The second kappa shape index (κ2) is 9.18. The molecule has 2 rings (SSSR count). The lowest BCUT2D eigenvalue weighted by atomic mass is 10.2. The first-order chi connectivity index (χ1) is 12.9. The molecule has 0 aliphatic carbocycles. The fourth-order valence-corrected chi connectivity index (χ4v) is 4.10. The largest absolute Gasteiger partial charge is 0.495 e. The van der Waals surface area contributed by atoms with Crippen LogP contribution in [0.4, 0.5) is 11.4 Å². The number of methoxy groups -OCH3 is 1. The molecule has 0 aromatic heterocycles. The Bertz CT molecular complexity index is 897. The van der Waals surface area contributed by atoms with E-state index in [0.717, 1.165) is 0 Å². The number of hydrogen-bond acceptors (Lipinski definition) is 5. The van der Waals surface area contributed by atoms with E-state index >= 15 is 0 Å². The van der Waals surface area contributed by atoms with Crippen molar-refractivity contribution in [1.82, 2.24) is 0 Å². The lowest BCUT2D eigenvalue weighted by molar-refractivity contribution is -0.115. The number of ether oxygens (including phenoxy) is 1. The van der Waals surface area contributed by atoms with Crippen LogP contribution in [0.3, 0.4) is 0 Å². The molecule has 2 amide bonds. The van der Waals surface area contributed by atoms with Crippen molar-refractivity contribution in [3.63, 3.8) is 0 Å². The van der Waals surface area contributed by atoms with Crippen molar-refractivity contribution in [2.24, 2.45) is 0 Å². The van der Waals surface area contributed by atoms with Crippen LogP contribution in [-0.2, 0) is 19.4 Å². The van der Waals surface area contributed by atoms with Gasteiger partial charge in [-0.15, -0.1) is 0 Å². The summed E-state index contributed by atoms with van der Waals surface area (Å²) in [5.41, 5.74) is 0.858. The molecular weight excluding hydrogens is 368 g/mol. The maximum absolute atomic E-state index is 12.6. The van der Waals surface area contributed by atoms with E-state index in [0.29, 0.717) is 17.1 Å². The van der Waals surface area contributed by atoms with Crippen molar-refractivity contribution in [2.45, 2.75) is 18.6 Å². The van der Waals surface area contributed by atoms with Gasteiger partial charge in [0.05, 0.1) is 12.8 Å². The second-order valence-electron chi connectivity index (χ2n) is 5.81. The van der Waals surface area contributed by atoms with Crippen molar-refractivity contribution < 1.29 is 22.7 Å². The van der Waals surface area contributed by atoms with Crippen LogP contribution in [-0.4, -0.2) is 38.3 Å². The molecule has 0 saturated carbocycles. The van der Waals surface area contributed by atoms with E-state index in [-0.39, 0.29) is 6.42 Å². The lowest BCUT2D eigenvalue weighted by Crippen LogP contribution is -2.39. The first-order valence-electron chi connectivity index (χ1n) is 8.37. The third-order valence-electron chi connectivity index (χ3n) is 3.85. The van der Waals surface area contributed by atoms with Crippen molar-refractivity contribution in [2.75, 3.05) is 23.5 Å². The number of para-hydroxylation sites is 3. The Morgan fingerprint density at radius 3 is 2.26 bits per heavy atom. The first-order valence-corrected chi connectivity index (χ1v) is 10.1. The van der Waals surface area contributed by atoms with E-state index < -0.39 is 32.7 Å². The highest BCUT2D eigenvalue weighted by Gasteiger charge is 2.33. The van der Waals surface area contributed by atoms with Gasteiger partial charge in [-0.3, -0.25) is 9.59 Å². The normalized spacial score (nSPS) is 12.1. The molecule has 2 aromatic carbocycles. The molecule has 0 spiro atoms. The van der Waals surface area contributed by atoms with Crippen molar-refractivity contribution in [3.8, 4) is 5.75 Å². The average Bonchev–Trinajstić information content (AvgIpc) is 2.62. The van der Waals surface area contributed by atoms with Gasteiger partial charge in [0.25, 0.3) is 0 Å². The van der Waals surface area contributed by atoms with E-state index in [2.05, 4.69) is 10.6 Å². The van der Waals surface area contributed by atoms with Crippen molar-refractivity contribution >= 4 is 33.0 Å². The number of benzene rings is 2. The number of anilines is 2. The fourth-order valence-electron chi connectivity index (χ4n) is 2.57. The molecular formula is C19H22N2O5S. The van der Waals surface area contributed by atoms with Gasteiger partial charge in [0.1, 0.15) is 16.8 Å². The lowest BCUT2D eigenvalue weighted by Gasteiger charge is -2.17. The Hall–Kier alpha value is -2.87. The van der Waals surface area contributed by atoms with E-state index in [1.54, 1.807) is 61.5 Å². The molecule has 0 bridgehead atoms. The predicted molar refractivity (Wildman–Crippen MR) is 105 cm³/mol. The molecule has 0 heterocycles. The van der Waals surface area contributed by atoms with Gasteiger partial charge in [0, 0.05) is 5.69 Å². The van der Waals surface area contributed by atoms with Crippen LogP contribution in [0.15, 0.2) is 54.6 Å². The molecule has 2 aromatic rings. The summed E-state index contributed by atoms with van der Waals surface area (Å²) >= 11 is 0. The van der Waals surface area contributed by atoms with Gasteiger partial charge in [0.15, 0.2) is 9.84 Å². The van der Waals surface area contributed by atoms with E-state index in [1.807, 2.05) is 0 Å². The maximum Gasteiger partial charge on any atom is 0.242 e. The van der Waals surface area contributed by atoms with Crippen LogP contribution >= 0.6 is 0 Å². The van der Waals surface area contributed by atoms with Crippen LogP contribution in [0.25, 0.3) is 0 Å². The summed E-state index contributed by atoms with van der Waals surface area (Å²) in [4.78, 5) is 24.6. The Balaban J connectivity index is 2.09. The summed E-state index contributed by atoms with van der Waals surface area (Å²) in [6, 6.07) is 15.2. The fraction of sp³-hybridized carbons (Fsp3) is 0.263. The predicted octanol–water partition coefficient (Wildman–Crippen LogP) is 2.47. The SMILES string of the molecule is CCC(C(=O)Nc1ccccc1OC)S(=O)(=O)CC(=O)Nc1ccccc1. The van der Waals surface area contributed by atoms with E-state index in [1.165, 1.54) is 7.11 Å². The summed E-state index contributed by atoms with van der Waals surface area (Å²) in [6.45, 7) is 1.58. The second-order valence-corrected chi connectivity index (χ2v) is 7.99. The third kappa shape index (κ3) is 5.55. The minimum Gasteiger partial charge on any atom is -0.495 e. The third-order valence-corrected chi connectivity index (χ3v) is 5.93. The Labute approximate surface area is 158 Å². The Kier molecular flexibility index (Phi) is 6.95. The zero-order valence-electron chi connectivity index (χ0n) is 15.1. The number of sulfone groups is 1. The summed E-state index contributed by atoms with van der Waals surface area (Å²) in [6.07, 6.45) is 0.0436. The Morgan fingerprint density at radius 1 is 1.00 bits per heavy atom. The van der Waals surface area contributed by atoms with Gasteiger partial charge in [-0.25, -0.2) is 8.42 Å². The van der Waals surface area contributed by atoms with Gasteiger partial charge in [-0.05, 0) is 30.7 Å². The summed E-state index contributed by atoms with van der Waals surface area (Å²) in [5, 5.41) is 3.74. The van der Waals surface area contributed by atoms with Crippen LogP contribution in [0, 0.1) is 0 Å². The maximum atomic E-state index is 12.6. The quantitative estimate of drug-likeness (QED) is 0.721. The van der Waals surface area contributed by atoms with Crippen molar-refractivity contribution in [1.29, 1.82) is 0 Å². The topological polar surface area (TPSA) is 102 Å². The molecule has 0 fully saturated rings. The highest BCUT2D eigenvalue weighted by Crippen LogP contribution is 2.24. The van der Waals surface area contributed by atoms with Gasteiger partial charge in [0.2, 0.25) is 11.8 Å². The summed E-state index contributed by atoms with van der Waals surface area (Å²) in [7, 11) is -2.54. The number of carbonyl (C=O) groups is 2. The van der Waals surface area contributed by atoms with Crippen LogP contribution in [0.2, 0.25) is 0 Å². The highest BCUT2D eigenvalue weighted by molar-refractivity contribution is 7.93.